The third-order valence-electron chi connectivity index (χ3n) is 24.2. The Balaban J connectivity index is 0.909. The first-order valence-electron chi connectivity index (χ1n) is 33.7. The molecule has 17 atom stereocenters. The van der Waals surface area contributed by atoms with E-state index >= 15 is 9.59 Å². The van der Waals surface area contributed by atoms with Crippen LogP contribution in [0.15, 0.2) is 112 Å². The number of allylic oxidation sites excluding steroid dienone is 5. The van der Waals surface area contributed by atoms with Crippen LogP contribution in [0.3, 0.4) is 0 Å². The molecule has 9 bridgehead atoms. The van der Waals surface area contributed by atoms with E-state index in [1.165, 1.54) is 29.9 Å². The molecule has 1 saturated heterocycles. The largest absolute Gasteiger partial charge is 0.427 e. The first-order valence-corrected chi connectivity index (χ1v) is 36.1. The maximum Gasteiger partial charge on any atom is 0.340 e. The third kappa shape index (κ3) is 11.2. The Hall–Kier alpha value is -4.82. The standard InChI is InChI=1S/C72H90N4O9S2/c1-2-71(29-8-9-30-71)38-58-54-21-20-52-51-27-31-72(65(52)64(54)69(82)84-58)59-24-22-53(49-19-17-43-33-44(40-77)35-48(15-10-14-46(49)34-43)57(78)36-42-11-4-3-5-12-42)68(75-56-23-18-45-13-6-7-16-50(45)67(56)81)87-86-41-74-60-37-47(28-32-73-60)55(63(51)66(72)70(83)85-59)39-76-61(79)25-26-62(76)80/h3-5,11-12,24-26,28,37-38,43-46,48-53,55-57,65,67-68,73-75,77-78,81H,2,6-9,13-14,16-23,27,29-36,39-41H2,1H3/b58-38-,59-24-/t43-,44+,45+,46+,48+,49+,50+,51-,52-,53-,55-,56+,57+,65+,67+,68-,72-/m0/s1. The Morgan fingerprint density at radius 3 is 2.49 bits per heavy atom. The normalized spacial score (nSPS) is 39.4. The quantitative estimate of drug-likeness (QED) is 0.0532. The summed E-state index contributed by atoms with van der Waals surface area (Å²) in [5, 5.41) is 46.9. The molecule has 1 spiro atoms. The number of carbonyl (C=O) groups excluding carboxylic acids is 4. The van der Waals surface area contributed by atoms with Crippen molar-refractivity contribution in [3.05, 3.63) is 118 Å². The Morgan fingerprint density at radius 2 is 1.68 bits per heavy atom. The van der Waals surface area contributed by atoms with Gasteiger partial charge in [0.15, 0.2) is 0 Å². The van der Waals surface area contributed by atoms with Crippen LogP contribution >= 0.6 is 21.6 Å². The van der Waals surface area contributed by atoms with Crippen LogP contribution < -0.4 is 16.0 Å². The van der Waals surface area contributed by atoms with E-state index in [0.717, 1.165) is 124 Å². The SMILES string of the molecule is CCC1(/C=C2\OC(=O)C3=C2CC[C@H]2[C@@H]4CC[C@@]5(C6=C4[C@@H](CN4C(=O)C=CC4=O)C4=CCNC(=C4)NCSS[C@H](N[C@@H]4CC[C@H]7CCCC[C@H]7[C@H]4O)[C@H]([C@@H]4CC[C@H]7C[C@@H](CO)C[C@H]([C@H](O)Cc8ccccc8)C#CC[C@@H]4C7)C/C=C/5OC6=O)[C@@H]32)CCCC1. The van der Waals surface area contributed by atoms with E-state index in [0.29, 0.717) is 85.4 Å². The second-order valence-corrected chi connectivity index (χ2v) is 31.0. The molecular formula is C72H90N4O9S2. The number of cyclic esters (lactones) is 1. The number of esters is 2. The number of nitrogens with zero attached hydrogens (tertiary/aromatic N) is 1. The van der Waals surface area contributed by atoms with Crippen molar-refractivity contribution in [1.29, 1.82) is 0 Å². The summed E-state index contributed by atoms with van der Waals surface area (Å²) < 4.78 is 13.5. The van der Waals surface area contributed by atoms with Gasteiger partial charge in [-0.2, -0.15) is 0 Å². The topological polar surface area (TPSA) is 187 Å². The van der Waals surface area contributed by atoms with Gasteiger partial charge in [-0.05, 0) is 196 Å². The number of hydrogen-bond acceptors (Lipinski definition) is 14. The van der Waals surface area contributed by atoms with E-state index in [4.69, 9.17) is 9.47 Å². The van der Waals surface area contributed by atoms with Gasteiger partial charge < -0.3 is 35.4 Å². The van der Waals surface area contributed by atoms with Crippen LogP contribution in [0.1, 0.15) is 154 Å². The predicted molar refractivity (Wildman–Crippen MR) is 337 cm³/mol. The van der Waals surface area contributed by atoms with Gasteiger partial charge in [0.05, 0.1) is 40.3 Å². The summed E-state index contributed by atoms with van der Waals surface area (Å²) in [7, 11) is 3.61. The van der Waals surface area contributed by atoms with Crippen LogP contribution in [0.25, 0.3) is 0 Å². The molecule has 14 aliphatic rings. The van der Waals surface area contributed by atoms with Crippen molar-refractivity contribution in [3.8, 4) is 11.8 Å². The summed E-state index contributed by atoms with van der Waals surface area (Å²) in [5.74, 6) is 8.90. The lowest BCUT2D eigenvalue weighted by molar-refractivity contribution is -0.138. The number of hydrogen-bond donors (Lipinski definition) is 6. The lowest BCUT2D eigenvalue weighted by Crippen LogP contribution is -2.55. The smallest absolute Gasteiger partial charge is 0.340 e. The number of imide groups is 1. The maximum absolute atomic E-state index is 15.8. The molecule has 464 valence electrons. The summed E-state index contributed by atoms with van der Waals surface area (Å²) in [6.07, 6.45) is 31.5. The van der Waals surface area contributed by atoms with E-state index in [1.54, 1.807) is 10.8 Å². The van der Waals surface area contributed by atoms with E-state index in [-0.39, 0.29) is 101 Å². The highest BCUT2D eigenvalue weighted by Crippen LogP contribution is 2.72. The zero-order valence-corrected chi connectivity index (χ0v) is 52.4. The molecule has 0 radical (unpaired) electrons. The first kappa shape index (κ1) is 59.8. The van der Waals surface area contributed by atoms with Crippen LogP contribution in [0.2, 0.25) is 0 Å². The van der Waals surface area contributed by atoms with Crippen molar-refractivity contribution < 1.29 is 44.0 Å². The number of benzene rings is 1. The molecule has 0 unspecified atom stereocenters. The minimum Gasteiger partial charge on any atom is -0.427 e. The van der Waals surface area contributed by atoms with Crippen LogP contribution in [0.5, 0.6) is 0 Å². The maximum atomic E-state index is 15.8. The Labute approximate surface area is 522 Å². The number of ether oxygens (including phenoxy) is 2. The monoisotopic (exact) mass is 1220 g/mol. The molecule has 87 heavy (non-hydrogen) atoms. The summed E-state index contributed by atoms with van der Waals surface area (Å²) in [4.78, 5) is 59.7. The highest BCUT2D eigenvalue weighted by atomic mass is 33.1. The zero-order valence-electron chi connectivity index (χ0n) is 50.7. The minimum atomic E-state index is -1.01. The highest BCUT2D eigenvalue weighted by molar-refractivity contribution is 8.76. The number of carbonyl (C=O) groups is 4. The van der Waals surface area contributed by atoms with Crippen LogP contribution in [0, 0.1) is 93.7 Å². The van der Waals surface area contributed by atoms with Gasteiger partial charge in [0, 0.05) is 73.2 Å². The van der Waals surface area contributed by atoms with Gasteiger partial charge in [-0.3, -0.25) is 19.8 Å². The number of amides is 2. The van der Waals surface area contributed by atoms with Crippen LogP contribution in [0.4, 0.5) is 0 Å². The fourth-order valence-electron chi connectivity index (χ4n) is 20.0. The molecule has 0 aromatic heterocycles. The zero-order chi connectivity index (χ0) is 59.6. The lowest BCUT2D eigenvalue weighted by atomic mass is 9.43. The van der Waals surface area contributed by atoms with Gasteiger partial charge in [0.1, 0.15) is 11.5 Å². The molecule has 1 aromatic carbocycles. The fraction of sp³-hybridized carbons (Fsp3) is 0.639. The number of dihydropyridines is 1. The molecule has 6 N–H and O–H groups in total. The van der Waals surface area contributed by atoms with Gasteiger partial charge in [-0.15, -0.1) is 5.92 Å². The third-order valence-corrected chi connectivity index (χ3v) is 26.7. The average Bonchev–Trinajstić information content (AvgIpc) is 1.61. The van der Waals surface area contributed by atoms with Gasteiger partial charge in [0.2, 0.25) is 0 Å². The number of aliphatic hydroxyl groups is 3. The van der Waals surface area contributed by atoms with E-state index in [2.05, 4.69) is 71.2 Å². The molecule has 15 rings (SSSR count). The van der Waals surface area contributed by atoms with Gasteiger partial charge in [-0.1, -0.05) is 109 Å². The van der Waals surface area contributed by atoms with Crippen molar-refractivity contribution in [3.63, 3.8) is 0 Å². The summed E-state index contributed by atoms with van der Waals surface area (Å²) in [6, 6.07) is 10.0. The van der Waals surface area contributed by atoms with Crippen LogP contribution in [-0.4, -0.2) is 93.2 Å². The number of aliphatic hydroxyl groups excluding tert-OH is 3. The molecule has 9 aliphatic carbocycles. The Morgan fingerprint density at radius 1 is 0.851 bits per heavy atom. The molecule has 6 fully saturated rings. The summed E-state index contributed by atoms with van der Waals surface area (Å²) >= 11 is 0. The van der Waals surface area contributed by atoms with E-state index < -0.39 is 29.5 Å². The van der Waals surface area contributed by atoms with Gasteiger partial charge in [-0.25, -0.2) is 9.59 Å². The molecular weight excluding hydrogens is 1130 g/mol. The molecule has 15 heteroatoms. The fourth-order valence-corrected chi connectivity index (χ4v) is 22.5. The highest BCUT2D eigenvalue weighted by Gasteiger charge is 2.69. The minimum absolute atomic E-state index is 0.0148. The molecule has 13 nitrogen and oxygen atoms in total. The van der Waals surface area contributed by atoms with Crippen molar-refractivity contribution >= 4 is 45.3 Å². The van der Waals surface area contributed by atoms with Crippen molar-refractivity contribution in [2.24, 2.45) is 81.8 Å². The molecule has 5 heterocycles. The number of nitrogens with one attached hydrogen (secondary N) is 3. The first-order chi connectivity index (χ1) is 42.4. The number of fused-ring (bicyclic) bond motifs is 5. The average molecular weight is 1220 g/mol. The summed E-state index contributed by atoms with van der Waals surface area (Å²) in [6.45, 7) is 2.89. The van der Waals surface area contributed by atoms with Gasteiger partial charge >= 0.3 is 11.9 Å². The summed E-state index contributed by atoms with van der Waals surface area (Å²) in [5.41, 5.74) is 4.22. The van der Waals surface area contributed by atoms with Crippen molar-refractivity contribution in [1.82, 2.24) is 20.9 Å². The molecule has 2 amide bonds. The van der Waals surface area contributed by atoms with E-state index in [9.17, 15) is 24.9 Å². The lowest BCUT2D eigenvalue weighted by Gasteiger charge is -2.57. The van der Waals surface area contributed by atoms with Crippen molar-refractivity contribution in [2.45, 2.75) is 178 Å². The van der Waals surface area contributed by atoms with Crippen molar-refractivity contribution in [2.75, 3.05) is 25.6 Å². The second-order valence-electron chi connectivity index (χ2n) is 28.5. The van der Waals surface area contributed by atoms with Gasteiger partial charge in [0.25, 0.3) is 11.8 Å². The Bertz CT molecular complexity index is 3150. The van der Waals surface area contributed by atoms with Crippen LogP contribution in [-0.2, 0) is 35.1 Å². The molecule has 5 aliphatic heterocycles. The number of rotatable bonds is 11. The predicted octanol–water partition coefficient (Wildman–Crippen LogP) is 11.0. The molecule has 1 aromatic rings. The second kappa shape index (κ2) is 25.1. The van der Waals surface area contributed by atoms with E-state index in [1.807, 2.05) is 29.0 Å². The Kier molecular flexibility index (Phi) is 17.3. The molecule has 5 saturated carbocycles.